The van der Waals surface area contributed by atoms with E-state index in [1.165, 1.54) is 16.2 Å². The first-order chi connectivity index (χ1) is 16.1. The lowest BCUT2D eigenvalue weighted by molar-refractivity contribution is -0.126. The molecule has 1 saturated carbocycles. The zero-order valence-electron chi connectivity index (χ0n) is 18.1. The highest BCUT2D eigenvalue weighted by molar-refractivity contribution is 7.12. The topological polar surface area (TPSA) is 91.4 Å². The Morgan fingerprint density at radius 3 is 2.48 bits per heavy atom. The number of nitrogens with one attached hydrogen (secondary N) is 2. The fraction of sp³-hybridized carbons (Fsp3) is 0.280. The van der Waals surface area contributed by atoms with Crippen molar-refractivity contribution in [3.05, 3.63) is 82.8 Å². The first-order valence-electron chi connectivity index (χ1n) is 11.0. The normalized spacial score (nSPS) is 14.4. The summed E-state index contributed by atoms with van der Waals surface area (Å²) in [6.45, 7) is -0.237. The van der Waals surface area contributed by atoms with Crippen molar-refractivity contribution in [3.63, 3.8) is 0 Å². The van der Waals surface area contributed by atoms with E-state index in [4.69, 9.17) is 0 Å². The third-order valence-corrected chi connectivity index (χ3v) is 6.53. The molecule has 1 aliphatic rings. The number of benzene rings is 1. The fourth-order valence-corrected chi connectivity index (χ4v) is 4.71. The summed E-state index contributed by atoms with van der Waals surface area (Å²) in [5.41, 5.74) is 1.18. The lowest BCUT2D eigenvalue weighted by atomic mass is 10.0. The van der Waals surface area contributed by atoms with Crippen LogP contribution in [0.3, 0.4) is 0 Å². The van der Waals surface area contributed by atoms with Crippen LogP contribution >= 0.6 is 11.3 Å². The SMILES string of the molecule is O=C(NCC(=O)N(c1ccccc1)[C@@H](C(=O)NC1CCCC1)c1cccnc1)c1cccs1. The maximum absolute atomic E-state index is 13.5. The number of para-hydroxylation sites is 1. The molecular weight excluding hydrogens is 436 g/mol. The average Bonchev–Trinajstić information content (AvgIpc) is 3.56. The summed E-state index contributed by atoms with van der Waals surface area (Å²) >= 11 is 1.30. The van der Waals surface area contributed by atoms with E-state index in [-0.39, 0.29) is 30.3 Å². The van der Waals surface area contributed by atoms with Crippen LogP contribution < -0.4 is 15.5 Å². The number of anilines is 1. The molecule has 2 heterocycles. The van der Waals surface area contributed by atoms with Crippen LogP contribution in [0.5, 0.6) is 0 Å². The molecule has 1 aliphatic carbocycles. The largest absolute Gasteiger partial charge is 0.351 e. The molecule has 1 aromatic carbocycles. The van der Waals surface area contributed by atoms with Gasteiger partial charge in [-0.1, -0.05) is 43.2 Å². The summed E-state index contributed by atoms with van der Waals surface area (Å²) in [7, 11) is 0. The van der Waals surface area contributed by atoms with Crippen molar-refractivity contribution in [2.75, 3.05) is 11.4 Å². The average molecular weight is 463 g/mol. The first-order valence-corrected chi connectivity index (χ1v) is 11.9. The molecule has 4 rings (SSSR count). The second kappa shape index (κ2) is 10.9. The molecule has 1 fully saturated rings. The van der Waals surface area contributed by atoms with E-state index in [1.54, 1.807) is 54.2 Å². The Balaban J connectivity index is 1.63. The monoisotopic (exact) mass is 462 g/mol. The Morgan fingerprint density at radius 2 is 1.82 bits per heavy atom. The lowest BCUT2D eigenvalue weighted by Crippen LogP contribution is -2.49. The predicted octanol–water partition coefficient (Wildman–Crippen LogP) is 3.71. The predicted molar refractivity (Wildman–Crippen MR) is 128 cm³/mol. The molecule has 3 aromatic rings. The number of pyridine rings is 1. The van der Waals surface area contributed by atoms with Crippen LogP contribution in [0.15, 0.2) is 72.4 Å². The van der Waals surface area contributed by atoms with Crippen LogP contribution in [-0.2, 0) is 9.59 Å². The number of carbonyl (C=O) groups is 3. The first kappa shape index (κ1) is 22.7. The molecule has 170 valence electrons. The van der Waals surface area contributed by atoms with E-state index in [9.17, 15) is 14.4 Å². The quantitative estimate of drug-likeness (QED) is 0.534. The number of carbonyl (C=O) groups excluding carboxylic acids is 3. The highest BCUT2D eigenvalue weighted by Gasteiger charge is 2.34. The Morgan fingerprint density at radius 1 is 1.03 bits per heavy atom. The van der Waals surface area contributed by atoms with Crippen LogP contribution in [0.2, 0.25) is 0 Å². The lowest BCUT2D eigenvalue weighted by Gasteiger charge is -2.32. The van der Waals surface area contributed by atoms with Gasteiger partial charge in [0.2, 0.25) is 11.8 Å². The summed E-state index contributed by atoms with van der Waals surface area (Å²) in [5.74, 6) is -0.960. The third-order valence-electron chi connectivity index (χ3n) is 5.66. The maximum Gasteiger partial charge on any atom is 0.261 e. The molecule has 0 spiro atoms. The molecule has 2 N–H and O–H groups in total. The highest BCUT2D eigenvalue weighted by atomic mass is 32.1. The number of thiophene rings is 1. The van der Waals surface area contributed by atoms with Gasteiger partial charge >= 0.3 is 0 Å². The molecule has 33 heavy (non-hydrogen) atoms. The molecule has 0 saturated heterocycles. The summed E-state index contributed by atoms with van der Waals surface area (Å²) in [6, 6.07) is 15.3. The van der Waals surface area contributed by atoms with Crippen molar-refractivity contribution >= 4 is 34.7 Å². The van der Waals surface area contributed by atoms with E-state index < -0.39 is 6.04 Å². The van der Waals surface area contributed by atoms with E-state index in [1.807, 2.05) is 18.2 Å². The van der Waals surface area contributed by atoms with Crippen molar-refractivity contribution < 1.29 is 14.4 Å². The van der Waals surface area contributed by atoms with E-state index in [2.05, 4.69) is 15.6 Å². The second-order valence-corrected chi connectivity index (χ2v) is 8.89. The van der Waals surface area contributed by atoms with Crippen LogP contribution in [0.25, 0.3) is 0 Å². The van der Waals surface area contributed by atoms with Crippen molar-refractivity contribution in [3.8, 4) is 0 Å². The minimum Gasteiger partial charge on any atom is -0.351 e. The summed E-state index contributed by atoms with van der Waals surface area (Å²) in [4.78, 5) is 45.6. The molecule has 2 aromatic heterocycles. The van der Waals surface area contributed by atoms with Crippen LogP contribution in [0.1, 0.15) is 47.0 Å². The smallest absolute Gasteiger partial charge is 0.261 e. The Bertz CT molecular complexity index is 1070. The third kappa shape index (κ3) is 5.64. The minimum absolute atomic E-state index is 0.0999. The van der Waals surface area contributed by atoms with Gasteiger partial charge in [0.25, 0.3) is 5.91 Å². The Labute approximate surface area is 196 Å². The van der Waals surface area contributed by atoms with Gasteiger partial charge in [-0.2, -0.15) is 0 Å². The molecule has 0 aliphatic heterocycles. The second-order valence-electron chi connectivity index (χ2n) is 7.94. The van der Waals surface area contributed by atoms with Gasteiger partial charge in [0.05, 0.1) is 11.4 Å². The van der Waals surface area contributed by atoms with Gasteiger partial charge in [-0.15, -0.1) is 11.3 Å². The number of hydrogen-bond donors (Lipinski definition) is 2. The molecule has 7 nitrogen and oxygen atoms in total. The molecule has 0 unspecified atom stereocenters. The van der Waals surface area contributed by atoms with Crippen molar-refractivity contribution in [1.29, 1.82) is 0 Å². The number of aromatic nitrogens is 1. The van der Waals surface area contributed by atoms with Crippen molar-refractivity contribution in [1.82, 2.24) is 15.6 Å². The van der Waals surface area contributed by atoms with E-state index >= 15 is 0 Å². The van der Waals surface area contributed by atoms with Gasteiger partial charge in [-0.05, 0) is 42.5 Å². The van der Waals surface area contributed by atoms with E-state index in [0.29, 0.717) is 16.1 Å². The molecule has 1 atom stereocenters. The fourth-order valence-electron chi connectivity index (χ4n) is 4.07. The number of rotatable bonds is 8. The van der Waals surface area contributed by atoms with Crippen LogP contribution in [0, 0.1) is 0 Å². The van der Waals surface area contributed by atoms with Gasteiger partial charge in [-0.25, -0.2) is 0 Å². The zero-order valence-corrected chi connectivity index (χ0v) is 19.0. The summed E-state index contributed by atoms with van der Waals surface area (Å²) in [6.07, 6.45) is 7.26. The van der Waals surface area contributed by atoms with Gasteiger partial charge in [0.15, 0.2) is 0 Å². The number of amides is 3. The summed E-state index contributed by atoms with van der Waals surface area (Å²) < 4.78 is 0. The minimum atomic E-state index is -0.909. The van der Waals surface area contributed by atoms with Crippen molar-refractivity contribution in [2.45, 2.75) is 37.8 Å². The van der Waals surface area contributed by atoms with Gasteiger partial charge in [0, 0.05) is 29.7 Å². The standard InChI is InChI=1S/C25H26N4O3S/c30-22(17-27-24(31)21-13-7-15-33-21)29(20-11-2-1-3-12-20)23(18-8-6-14-26-16-18)25(32)28-19-9-4-5-10-19/h1-3,6-8,11-16,19,23H,4-5,9-10,17H2,(H,27,31)(H,28,32)/t23-/m1/s1. The molecule has 8 heteroatoms. The summed E-state index contributed by atoms with van der Waals surface area (Å²) in [5, 5.41) is 7.61. The van der Waals surface area contributed by atoms with E-state index in [0.717, 1.165) is 25.7 Å². The Hall–Kier alpha value is -3.52. The Kier molecular flexibility index (Phi) is 7.47. The van der Waals surface area contributed by atoms with Crippen LogP contribution in [0.4, 0.5) is 5.69 Å². The molecular formula is C25H26N4O3S. The van der Waals surface area contributed by atoms with Gasteiger partial charge in [-0.3, -0.25) is 24.3 Å². The number of nitrogens with zero attached hydrogens (tertiary/aromatic N) is 2. The van der Waals surface area contributed by atoms with Crippen molar-refractivity contribution in [2.24, 2.45) is 0 Å². The highest BCUT2D eigenvalue weighted by Crippen LogP contribution is 2.28. The maximum atomic E-state index is 13.5. The number of hydrogen-bond acceptors (Lipinski definition) is 5. The molecule has 3 amide bonds. The van der Waals surface area contributed by atoms with Gasteiger partial charge < -0.3 is 10.6 Å². The van der Waals surface area contributed by atoms with Gasteiger partial charge in [0.1, 0.15) is 6.04 Å². The zero-order chi connectivity index (χ0) is 23.0. The van der Waals surface area contributed by atoms with Crippen LogP contribution in [-0.4, -0.2) is 35.3 Å². The molecule has 0 radical (unpaired) electrons. The molecule has 0 bridgehead atoms.